The summed E-state index contributed by atoms with van der Waals surface area (Å²) in [6, 6.07) is 16.2. The van der Waals surface area contributed by atoms with E-state index in [1.54, 1.807) is 41.5 Å². The number of rotatable bonds is 5. The van der Waals surface area contributed by atoms with E-state index < -0.39 is 0 Å². The Morgan fingerprint density at radius 3 is 2.38 bits per heavy atom. The van der Waals surface area contributed by atoms with Crippen molar-refractivity contribution in [3.05, 3.63) is 72.0 Å². The van der Waals surface area contributed by atoms with Gasteiger partial charge in [-0.3, -0.25) is 9.48 Å². The van der Waals surface area contributed by atoms with Crippen LogP contribution in [0.3, 0.4) is 0 Å². The van der Waals surface area contributed by atoms with Gasteiger partial charge in [0.05, 0.1) is 23.0 Å². The molecule has 0 unspecified atom stereocenters. The molecule has 1 aliphatic rings. The molecule has 0 spiro atoms. The minimum absolute atomic E-state index is 0.240. The standard InChI is InChI=1S/C23H23N7OS/c1-28-20(14-19(27-28)21-8-5-13-32-21)22(31)26-17-15-24-23(25-16-17)30-11-9-29(10-12-30)18-6-3-2-4-7-18/h2-8,13-16H,9-12H2,1H3,(H,26,31). The van der Waals surface area contributed by atoms with Crippen molar-refractivity contribution >= 4 is 34.6 Å². The Bertz CT molecular complexity index is 1180. The normalized spacial score (nSPS) is 13.9. The lowest BCUT2D eigenvalue weighted by atomic mass is 10.2. The van der Waals surface area contributed by atoms with Crippen molar-refractivity contribution in [3.63, 3.8) is 0 Å². The van der Waals surface area contributed by atoms with E-state index in [4.69, 9.17) is 0 Å². The van der Waals surface area contributed by atoms with E-state index >= 15 is 0 Å². The average Bonchev–Trinajstić information content (AvgIpc) is 3.50. The number of anilines is 3. The summed E-state index contributed by atoms with van der Waals surface area (Å²) in [6.07, 6.45) is 3.31. The van der Waals surface area contributed by atoms with Gasteiger partial charge in [0.15, 0.2) is 0 Å². The van der Waals surface area contributed by atoms with Gasteiger partial charge in [-0.15, -0.1) is 11.3 Å². The van der Waals surface area contributed by atoms with Crippen LogP contribution in [0.4, 0.5) is 17.3 Å². The highest BCUT2D eigenvalue weighted by atomic mass is 32.1. The van der Waals surface area contributed by atoms with Crippen LogP contribution in [-0.2, 0) is 7.05 Å². The summed E-state index contributed by atoms with van der Waals surface area (Å²) in [6.45, 7) is 3.53. The van der Waals surface area contributed by atoms with Gasteiger partial charge in [-0.1, -0.05) is 24.3 Å². The van der Waals surface area contributed by atoms with E-state index in [0.717, 1.165) is 36.8 Å². The number of nitrogens with one attached hydrogen (secondary N) is 1. The van der Waals surface area contributed by atoms with Crippen LogP contribution in [0.15, 0.2) is 66.3 Å². The number of benzene rings is 1. The fourth-order valence-electron chi connectivity index (χ4n) is 3.77. The molecule has 1 aliphatic heterocycles. The molecule has 9 heteroatoms. The molecule has 5 rings (SSSR count). The van der Waals surface area contributed by atoms with Gasteiger partial charge in [0.1, 0.15) is 11.4 Å². The van der Waals surface area contributed by atoms with Crippen molar-refractivity contribution in [2.75, 3.05) is 41.3 Å². The minimum atomic E-state index is -0.240. The molecule has 4 heterocycles. The molecule has 0 saturated carbocycles. The first-order valence-electron chi connectivity index (χ1n) is 10.4. The highest BCUT2D eigenvalue weighted by Crippen LogP contribution is 2.24. The van der Waals surface area contributed by atoms with Crippen molar-refractivity contribution in [1.82, 2.24) is 19.7 Å². The van der Waals surface area contributed by atoms with Crippen LogP contribution in [-0.4, -0.2) is 51.8 Å². The van der Waals surface area contributed by atoms with Gasteiger partial charge in [-0.2, -0.15) is 5.10 Å². The number of carbonyl (C=O) groups excluding carboxylic acids is 1. The third-order valence-electron chi connectivity index (χ3n) is 5.47. The van der Waals surface area contributed by atoms with Crippen LogP contribution in [0.5, 0.6) is 0 Å². The molecule has 0 aliphatic carbocycles. The molecule has 3 aromatic heterocycles. The zero-order valence-electron chi connectivity index (χ0n) is 17.7. The number of aryl methyl sites for hydroxylation is 1. The van der Waals surface area contributed by atoms with Crippen LogP contribution >= 0.6 is 11.3 Å². The maximum Gasteiger partial charge on any atom is 0.274 e. The lowest BCUT2D eigenvalue weighted by molar-refractivity contribution is 0.101. The second kappa shape index (κ2) is 8.80. The summed E-state index contributed by atoms with van der Waals surface area (Å²) in [7, 11) is 1.76. The average molecular weight is 446 g/mol. The maximum atomic E-state index is 12.7. The second-order valence-corrected chi connectivity index (χ2v) is 8.50. The summed E-state index contributed by atoms with van der Waals surface area (Å²) >= 11 is 1.59. The van der Waals surface area contributed by atoms with E-state index in [2.05, 4.69) is 54.4 Å². The number of carbonyl (C=O) groups is 1. The second-order valence-electron chi connectivity index (χ2n) is 7.55. The van der Waals surface area contributed by atoms with Crippen LogP contribution in [0.1, 0.15) is 10.5 Å². The largest absolute Gasteiger partial charge is 0.368 e. The predicted molar refractivity (Wildman–Crippen MR) is 127 cm³/mol. The Morgan fingerprint density at radius 1 is 0.969 bits per heavy atom. The van der Waals surface area contributed by atoms with Crippen molar-refractivity contribution in [2.24, 2.45) is 7.05 Å². The summed E-state index contributed by atoms with van der Waals surface area (Å²) in [5.74, 6) is 0.437. The smallest absolute Gasteiger partial charge is 0.274 e. The number of hydrogen-bond acceptors (Lipinski definition) is 7. The fraction of sp³-hybridized carbons (Fsp3) is 0.217. The lowest BCUT2D eigenvalue weighted by Gasteiger charge is -2.36. The number of thiophene rings is 1. The number of hydrogen-bond donors (Lipinski definition) is 1. The molecular formula is C23H23N7OS. The van der Waals surface area contributed by atoms with Crippen LogP contribution in [0.25, 0.3) is 10.6 Å². The van der Waals surface area contributed by atoms with Gasteiger partial charge in [-0.05, 0) is 29.6 Å². The third-order valence-corrected chi connectivity index (χ3v) is 6.36. The van der Waals surface area contributed by atoms with Gasteiger partial charge < -0.3 is 15.1 Å². The molecule has 0 atom stereocenters. The topological polar surface area (TPSA) is 79.2 Å². The number of piperazine rings is 1. The Kier molecular flexibility index (Phi) is 5.55. The molecule has 1 N–H and O–H groups in total. The van der Waals surface area contributed by atoms with Gasteiger partial charge in [0, 0.05) is 38.9 Å². The molecule has 1 fully saturated rings. The van der Waals surface area contributed by atoms with Crippen molar-refractivity contribution in [1.29, 1.82) is 0 Å². The third kappa shape index (κ3) is 4.19. The quantitative estimate of drug-likeness (QED) is 0.506. The van der Waals surface area contributed by atoms with E-state index in [9.17, 15) is 4.79 Å². The monoisotopic (exact) mass is 445 g/mol. The van der Waals surface area contributed by atoms with Crippen LogP contribution in [0.2, 0.25) is 0 Å². The van der Waals surface area contributed by atoms with Crippen LogP contribution in [0, 0.1) is 0 Å². The lowest BCUT2D eigenvalue weighted by Crippen LogP contribution is -2.47. The first kappa shape index (κ1) is 20.2. The Labute approximate surface area is 190 Å². The van der Waals surface area contributed by atoms with Crippen molar-refractivity contribution in [3.8, 4) is 10.6 Å². The highest BCUT2D eigenvalue weighted by molar-refractivity contribution is 7.13. The number of aromatic nitrogens is 4. The van der Waals surface area contributed by atoms with E-state index in [1.165, 1.54) is 5.69 Å². The Hall–Kier alpha value is -3.72. The number of nitrogens with zero attached hydrogens (tertiary/aromatic N) is 6. The summed E-state index contributed by atoms with van der Waals surface area (Å²) in [5, 5.41) is 9.30. The van der Waals surface area contributed by atoms with Crippen molar-refractivity contribution < 1.29 is 4.79 Å². The minimum Gasteiger partial charge on any atom is -0.368 e. The van der Waals surface area contributed by atoms with Gasteiger partial charge >= 0.3 is 0 Å². The first-order chi connectivity index (χ1) is 15.7. The number of amides is 1. The molecule has 1 amide bonds. The molecule has 1 aromatic carbocycles. The maximum absolute atomic E-state index is 12.7. The highest BCUT2D eigenvalue weighted by Gasteiger charge is 2.20. The SMILES string of the molecule is Cn1nc(-c2cccs2)cc1C(=O)Nc1cnc(N2CCN(c3ccccc3)CC2)nc1. The van der Waals surface area contributed by atoms with E-state index in [-0.39, 0.29) is 5.91 Å². The zero-order valence-corrected chi connectivity index (χ0v) is 18.5. The Balaban J connectivity index is 1.21. The Morgan fingerprint density at radius 2 is 1.69 bits per heavy atom. The molecule has 32 heavy (non-hydrogen) atoms. The molecule has 8 nitrogen and oxygen atoms in total. The van der Waals surface area contributed by atoms with Crippen molar-refractivity contribution in [2.45, 2.75) is 0 Å². The van der Waals surface area contributed by atoms with Gasteiger partial charge in [0.2, 0.25) is 5.95 Å². The predicted octanol–water partition coefficient (Wildman–Crippen LogP) is 3.52. The van der Waals surface area contributed by atoms with Gasteiger partial charge in [-0.25, -0.2) is 9.97 Å². The molecule has 0 bridgehead atoms. The first-order valence-corrected chi connectivity index (χ1v) is 11.3. The zero-order chi connectivity index (χ0) is 21.9. The summed E-state index contributed by atoms with van der Waals surface area (Å²) < 4.78 is 1.59. The van der Waals surface area contributed by atoms with Crippen LogP contribution < -0.4 is 15.1 Å². The molecule has 0 radical (unpaired) electrons. The molecule has 162 valence electrons. The molecule has 1 saturated heterocycles. The van der Waals surface area contributed by atoms with E-state index in [1.807, 2.05) is 23.6 Å². The summed E-state index contributed by atoms with van der Waals surface area (Å²) in [4.78, 5) is 27.2. The molecular weight excluding hydrogens is 422 g/mol. The van der Waals surface area contributed by atoms with E-state index in [0.29, 0.717) is 17.3 Å². The van der Waals surface area contributed by atoms with Gasteiger partial charge in [0.25, 0.3) is 5.91 Å². The summed E-state index contributed by atoms with van der Waals surface area (Å²) in [5.41, 5.74) is 3.06. The number of para-hydroxylation sites is 1. The fourth-order valence-corrected chi connectivity index (χ4v) is 4.45. The molecule has 4 aromatic rings.